The summed E-state index contributed by atoms with van der Waals surface area (Å²) in [6.45, 7) is 9.01. The maximum absolute atomic E-state index is 5.54. The highest BCUT2D eigenvalue weighted by Crippen LogP contribution is 2.47. The van der Waals surface area contributed by atoms with E-state index in [0.717, 1.165) is 38.8 Å². The number of benzene rings is 1. The number of hydrogen-bond acceptors (Lipinski definition) is 3. The summed E-state index contributed by atoms with van der Waals surface area (Å²) in [5.41, 5.74) is 1.73. The molecule has 3 rings (SSSR count). The molecule has 1 saturated carbocycles. The number of rotatable bonds is 6. The second kappa shape index (κ2) is 8.19. The van der Waals surface area contributed by atoms with Crippen LogP contribution in [0.5, 0.6) is 0 Å². The predicted molar refractivity (Wildman–Crippen MR) is 103 cm³/mol. The van der Waals surface area contributed by atoms with Crippen molar-refractivity contribution in [2.45, 2.75) is 44.2 Å². The lowest BCUT2D eigenvalue weighted by Crippen LogP contribution is -2.53. The van der Waals surface area contributed by atoms with E-state index in [1.54, 1.807) is 0 Å². The lowest BCUT2D eigenvalue weighted by Gasteiger charge is -2.38. The second-order valence-electron chi connectivity index (χ2n) is 7.46. The summed E-state index contributed by atoms with van der Waals surface area (Å²) in [4.78, 5) is 6.91. The summed E-state index contributed by atoms with van der Waals surface area (Å²) >= 11 is 0. The first-order chi connectivity index (χ1) is 12.1. The zero-order valence-corrected chi connectivity index (χ0v) is 15.8. The van der Waals surface area contributed by atoms with Crippen molar-refractivity contribution in [1.82, 2.24) is 15.5 Å². The maximum atomic E-state index is 5.54. The van der Waals surface area contributed by atoms with Gasteiger partial charge in [0, 0.05) is 44.2 Å². The van der Waals surface area contributed by atoms with E-state index in [4.69, 9.17) is 4.74 Å². The van der Waals surface area contributed by atoms with E-state index in [1.807, 2.05) is 7.05 Å². The van der Waals surface area contributed by atoms with Gasteiger partial charge in [-0.3, -0.25) is 9.89 Å². The number of ether oxygens (including phenoxy) is 1. The monoisotopic (exact) mass is 344 g/mol. The summed E-state index contributed by atoms with van der Waals surface area (Å²) in [7, 11) is 1.85. The Hall–Kier alpha value is -1.59. The van der Waals surface area contributed by atoms with Crippen molar-refractivity contribution in [1.29, 1.82) is 0 Å². The summed E-state index contributed by atoms with van der Waals surface area (Å²) in [6, 6.07) is 11.8. The van der Waals surface area contributed by atoms with Crippen molar-refractivity contribution in [2.24, 2.45) is 4.99 Å². The van der Waals surface area contributed by atoms with Crippen LogP contribution < -0.4 is 10.6 Å². The first-order valence-corrected chi connectivity index (χ1v) is 9.48. The van der Waals surface area contributed by atoms with Crippen molar-refractivity contribution < 1.29 is 4.74 Å². The van der Waals surface area contributed by atoms with Crippen LogP contribution in [-0.2, 0) is 10.2 Å². The van der Waals surface area contributed by atoms with Gasteiger partial charge in [-0.2, -0.15) is 0 Å². The van der Waals surface area contributed by atoms with Crippen LogP contribution in [0.25, 0.3) is 0 Å². The van der Waals surface area contributed by atoms with Gasteiger partial charge in [-0.05, 0) is 32.3 Å². The maximum Gasteiger partial charge on any atom is 0.191 e. The Morgan fingerprint density at radius 3 is 2.72 bits per heavy atom. The van der Waals surface area contributed by atoms with Crippen molar-refractivity contribution in [3.05, 3.63) is 35.9 Å². The quantitative estimate of drug-likeness (QED) is 0.612. The molecule has 138 valence electrons. The van der Waals surface area contributed by atoms with Gasteiger partial charge in [-0.1, -0.05) is 30.3 Å². The van der Waals surface area contributed by atoms with Crippen LogP contribution in [-0.4, -0.2) is 62.8 Å². The third-order valence-corrected chi connectivity index (χ3v) is 5.61. The lowest BCUT2D eigenvalue weighted by molar-refractivity contribution is -0.0174. The van der Waals surface area contributed by atoms with Crippen LogP contribution in [0.4, 0.5) is 0 Å². The summed E-state index contributed by atoms with van der Waals surface area (Å²) < 4.78 is 5.54. The fourth-order valence-electron chi connectivity index (χ4n) is 3.74. The SMILES string of the molecule is CN=C(NCC(C)N1CCOCC1C)NCC1(c2ccccc2)CC1. The molecule has 0 aromatic heterocycles. The molecule has 2 aliphatic rings. The Morgan fingerprint density at radius 1 is 1.32 bits per heavy atom. The highest BCUT2D eigenvalue weighted by molar-refractivity contribution is 5.79. The first-order valence-electron chi connectivity index (χ1n) is 9.48. The zero-order chi connectivity index (χ0) is 17.7. The fourth-order valence-corrected chi connectivity index (χ4v) is 3.74. The number of aliphatic imine (C=N–C) groups is 1. The van der Waals surface area contributed by atoms with E-state index in [9.17, 15) is 0 Å². The normalized spacial score (nSPS) is 24.6. The van der Waals surface area contributed by atoms with E-state index in [2.05, 4.69) is 64.7 Å². The van der Waals surface area contributed by atoms with Gasteiger partial charge in [0.2, 0.25) is 0 Å². The molecule has 1 aliphatic carbocycles. The van der Waals surface area contributed by atoms with E-state index in [-0.39, 0.29) is 0 Å². The van der Waals surface area contributed by atoms with E-state index in [1.165, 1.54) is 18.4 Å². The average molecular weight is 345 g/mol. The number of guanidine groups is 1. The Balaban J connectivity index is 1.47. The number of hydrogen-bond donors (Lipinski definition) is 2. The predicted octanol–water partition coefficient (Wildman–Crippen LogP) is 1.99. The van der Waals surface area contributed by atoms with Crippen LogP contribution in [0.1, 0.15) is 32.3 Å². The molecule has 2 N–H and O–H groups in total. The Labute approximate surface area is 151 Å². The molecule has 25 heavy (non-hydrogen) atoms. The van der Waals surface area contributed by atoms with E-state index in [0.29, 0.717) is 17.5 Å². The molecule has 5 heteroatoms. The van der Waals surface area contributed by atoms with Crippen molar-refractivity contribution in [3.63, 3.8) is 0 Å². The van der Waals surface area contributed by atoms with Gasteiger partial charge in [0.25, 0.3) is 0 Å². The van der Waals surface area contributed by atoms with Gasteiger partial charge < -0.3 is 15.4 Å². The van der Waals surface area contributed by atoms with Gasteiger partial charge in [-0.15, -0.1) is 0 Å². The Morgan fingerprint density at radius 2 is 2.08 bits per heavy atom. The van der Waals surface area contributed by atoms with Gasteiger partial charge in [0.1, 0.15) is 0 Å². The topological polar surface area (TPSA) is 48.9 Å². The molecule has 5 nitrogen and oxygen atoms in total. The van der Waals surface area contributed by atoms with Crippen LogP contribution >= 0.6 is 0 Å². The smallest absolute Gasteiger partial charge is 0.191 e. The van der Waals surface area contributed by atoms with Crippen LogP contribution in [0.2, 0.25) is 0 Å². The molecule has 0 bridgehead atoms. The Kier molecular flexibility index (Phi) is 5.97. The average Bonchev–Trinajstić information content (AvgIpc) is 3.44. The number of nitrogens with zero attached hydrogens (tertiary/aromatic N) is 2. The molecule has 2 fully saturated rings. The molecule has 0 amide bonds. The van der Waals surface area contributed by atoms with Gasteiger partial charge in [-0.25, -0.2) is 0 Å². The molecular formula is C20H32N4O. The van der Waals surface area contributed by atoms with Crippen LogP contribution in [0, 0.1) is 0 Å². The standard InChI is InChI=1S/C20H32N4O/c1-16(24-11-12-25-14-17(24)2)13-22-19(21-3)23-15-20(9-10-20)18-7-5-4-6-8-18/h4-8,16-17H,9-15H2,1-3H3,(H2,21,22,23). The van der Waals surface area contributed by atoms with Crippen molar-refractivity contribution in [3.8, 4) is 0 Å². The highest BCUT2D eigenvalue weighted by Gasteiger charge is 2.44. The summed E-state index contributed by atoms with van der Waals surface area (Å²) in [5.74, 6) is 0.898. The molecule has 2 atom stereocenters. The lowest BCUT2D eigenvalue weighted by atomic mass is 9.96. The van der Waals surface area contributed by atoms with E-state index >= 15 is 0 Å². The third kappa shape index (κ3) is 4.53. The zero-order valence-electron chi connectivity index (χ0n) is 15.8. The van der Waals surface area contributed by atoms with Crippen molar-refractivity contribution in [2.75, 3.05) is 39.9 Å². The molecule has 1 aromatic rings. The highest BCUT2D eigenvalue weighted by atomic mass is 16.5. The first kappa shape index (κ1) is 18.2. The molecule has 1 saturated heterocycles. The molecule has 1 heterocycles. The van der Waals surface area contributed by atoms with Crippen molar-refractivity contribution >= 4 is 5.96 Å². The second-order valence-corrected chi connectivity index (χ2v) is 7.46. The van der Waals surface area contributed by atoms with Gasteiger partial charge >= 0.3 is 0 Å². The van der Waals surface area contributed by atoms with Gasteiger partial charge in [0.05, 0.1) is 13.2 Å². The molecule has 1 aromatic carbocycles. The molecule has 0 radical (unpaired) electrons. The van der Waals surface area contributed by atoms with Crippen LogP contribution in [0.15, 0.2) is 35.3 Å². The molecule has 0 spiro atoms. The minimum absolute atomic E-state index is 0.295. The van der Waals surface area contributed by atoms with E-state index < -0.39 is 0 Å². The third-order valence-electron chi connectivity index (χ3n) is 5.61. The Bertz CT molecular complexity index is 570. The van der Waals surface area contributed by atoms with Gasteiger partial charge in [0.15, 0.2) is 5.96 Å². The summed E-state index contributed by atoms with van der Waals surface area (Å²) in [6.07, 6.45) is 2.51. The number of nitrogens with one attached hydrogen (secondary N) is 2. The number of morpholine rings is 1. The molecule has 2 unspecified atom stereocenters. The minimum Gasteiger partial charge on any atom is -0.379 e. The minimum atomic E-state index is 0.295. The van der Waals surface area contributed by atoms with Crippen LogP contribution in [0.3, 0.4) is 0 Å². The largest absolute Gasteiger partial charge is 0.379 e. The summed E-state index contributed by atoms with van der Waals surface area (Å²) in [5, 5.41) is 7.03. The molecule has 1 aliphatic heterocycles. The fraction of sp³-hybridized carbons (Fsp3) is 0.650. The molecular weight excluding hydrogens is 312 g/mol.